The van der Waals surface area contributed by atoms with E-state index in [-0.39, 0.29) is 29.9 Å². The van der Waals surface area contributed by atoms with Crippen LogP contribution in [-0.4, -0.2) is 62.3 Å². The molecule has 5 rings (SSSR count). The van der Waals surface area contributed by atoms with Gasteiger partial charge in [-0.1, -0.05) is 13.8 Å². The Labute approximate surface area is 243 Å². The highest BCUT2D eigenvalue weighted by molar-refractivity contribution is 6.03. The quantitative estimate of drug-likeness (QED) is 0.348. The molecular formula is C32H37F3N4O3. The predicted molar refractivity (Wildman–Crippen MR) is 154 cm³/mol. The van der Waals surface area contributed by atoms with Gasteiger partial charge in [-0.05, 0) is 111 Å². The Bertz CT molecular complexity index is 1420. The number of aliphatic hydroxyl groups is 2. The lowest BCUT2D eigenvalue weighted by Gasteiger charge is -2.43. The van der Waals surface area contributed by atoms with E-state index >= 15 is 8.78 Å². The standard InChI is InChI=1S/C32H37F3N4O3/c1-4-39-11-8-19(9-12-39)20-14-24(34)29(25(35)15-20)30-23(33)5-6-26(37-30)31(41)38-27-17-36-10-7-22(27)21-13-18(2)32(3,42)28(40)16-21/h5-7,10,14-15,17-19,21,28,40,42H,4,8-9,11-13,16H2,1-3H3,(H,38,41)/t18-,21+,28+,32+/m0/s1. The molecule has 3 N–H and O–H groups in total. The number of hydrogen-bond acceptors (Lipinski definition) is 6. The zero-order valence-corrected chi connectivity index (χ0v) is 24.1. The van der Waals surface area contributed by atoms with Gasteiger partial charge in [-0.3, -0.25) is 9.78 Å². The molecule has 2 fully saturated rings. The summed E-state index contributed by atoms with van der Waals surface area (Å²) in [7, 11) is 0. The largest absolute Gasteiger partial charge is 0.390 e. The van der Waals surface area contributed by atoms with Gasteiger partial charge in [0, 0.05) is 6.20 Å². The highest BCUT2D eigenvalue weighted by Crippen LogP contribution is 2.43. The summed E-state index contributed by atoms with van der Waals surface area (Å²) >= 11 is 0. The first-order valence-electron chi connectivity index (χ1n) is 14.5. The Hall–Kier alpha value is -3.34. The summed E-state index contributed by atoms with van der Waals surface area (Å²) in [6, 6.07) is 6.35. The van der Waals surface area contributed by atoms with E-state index in [0.717, 1.165) is 50.2 Å². The minimum Gasteiger partial charge on any atom is -0.390 e. The van der Waals surface area contributed by atoms with Crippen LogP contribution in [0.3, 0.4) is 0 Å². The first-order valence-corrected chi connectivity index (χ1v) is 14.5. The summed E-state index contributed by atoms with van der Waals surface area (Å²) in [6.45, 7) is 8.17. The Balaban J connectivity index is 1.39. The number of benzene rings is 1. The number of aromatic nitrogens is 2. The van der Waals surface area contributed by atoms with Crippen LogP contribution in [0.4, 0.5) is 18.9 Å². The van der Waals surface area contributed by atoms with Crippen molar-refractivity contribution in [2.75, 3.05) is 25.0 Å². The van der Waals surface area contributed by atoms with Crippen molar-refractivity contribution in [3.05, 3.63) is 77.0 Å². The third-order valence-electron chi connectivity index (χ3n) is 9.25. The van der Waals surface area contributed by atoms with Crippen molar-refractivity contribution in [3.63, 3.8) is 0 Å². The number of piperidine rings is 1. The summed E-state index contributed by atoms with van der Waals surface area (Å²) < 4.78 is 45.6. The van der Waals surface area contributed by atoms with E-state index in [0.29, 0.717) is 17.7 Å². The smallest absolute Gasteiger partial charge is 0.274 e. The number of carbonyl (C=O) groups is 1. The predicted octanol–water partition coefficient (Wildman–Crippen LogP) is 5.64. The van der Waals surface area contributed by atoms with Crippen molar-refractivity contribution in [2.24, 2.45) is 5.92 Å². The number of aliphatic hydroxyl groups excluding tert-OH is 1. The third kappa shape index (κ3) is 5.93. The number of anilines is 1. The monoisotopic (exact) mass is 582 g/mol. The first-order chi connectivity index (χ1) is 20.0. The molecule has 224 valence electrons. The van der Waals surface area contributed by atoms with E-state index in [1.807, 2.05) is 6.92 Å². The Morgan fingerprint density at radius 2 is 1.76 bits per heavy atom. The van der Waals surface area contributed by atoms with E-state index < -0.39 is 46.3 Å². The van der Waals surface area contributed by atoms with Crippen LogP contribution in [0, 0.1) is 23.4 Å². The van der Waals surface area contributed by atoms with Gasteiger partial charge >= 0.3 is 0 Å². The molecular weight excluding hydrogens is 545 g/mol. The zero-order valence-electron chi connectivity index (χ0n) is 24.1. The molecule has 42 heavy (non-hydrogen) atoms. The average Bonchev–Trinajstić information content (AvgIpc) is 2.96. The Morgan fingerprint density at radius 1 is 1.07 bits per heavy atom. The molecule has 0 radical (unpaired) electrons. The van der Waals surface area contributed by atoms with E-state index in [4.69, 9.17) is 0 Å². The van der Waals surface area contributed by atoms with Gasteiger partial charge in [-0.2, -0.15) is 0 Å². The van der Waals surface area contributed by atoms with E-state index in [1.165, 1.54) is 18.3 Å². The fourth-order valence-corrected chi connectivity index (χ4v) is 6.29. The SMILES string of the molecule is CCN1CCC(c2cc(F)c(-c3nc(C(=O)Nc4cnccc4[C@H]4C[C@@H](O)[C@](C)(O)[C@@H](C)C4)ccc3F)c(F)c2)CC1. The highest BCUT2D eigenvalue weighted by Gasteiger charge is 2.43. The molecule has 2 aromatic heterocycles. The lowest BCUT2D eigenvalue weighted by molar-refractivity contribution is -0.123. The topological polar surface area (TPSA) is 98.6 Å². The maximum atomic E-state index is 15.3. The van der Waals surface area contributed by atoms with Gasteiger partial charge in [-0.15, -0.1) is 0 Å². The van der Waals surface area contributed by atoms with Crippen LogP contribution in [0.15, 0.2) is 42.7 Å². The van der Waals surface area contributed by atoms with E-state index in [9.17, 15) is 19.4 Å². The average molecular weight is 583 g/mol. The Morgan fingerprint density at radius 3 is 2.40 bits per heavy atom. The fraction of sp³-hybridized carbons (Fsp3) is 0.469. The zero-order chi connectivity index (χ0) is 30.2. The number of carbonyl (C=O) groups excluding carboxylic acids is 1. The second kappa shape index (κ2) is 12.1. The van der Waals surface area contributed by atoms with Crippen molar-refractivity contribution in [3.8, 4) is 11.3 Å². The summed E-state index contributed by atoms with van der Waals surface area (Å²) in [6.07, 6.45) is 4.50. The number of amides is 1. The van der Waals surface area contributed by atoms with Gasteiger partial charge in [0.25, 0.3) is 5.91 Å². The minimum atomic E-state index is -1.23. The van der Waals surface area contributed by atoms with Crippen LogP contribution in [0.1, 0.15) is 79.9 Å². The van der Waals surface area contributed by atoms with Crippen molar-refractivity contribution < 1.29 is 28.2 Å². The molecule has 1 aliphatic heterocycles. The van der Waals surface area contributed by atoms with E-state index in [2.05, 4.69) is 27.1 Å². The summed E-state index contributed by atoms with van der Waals surface area (Å²) in [5, 5.41) is 23.9. The maximum Gasteiger partial charge on any atom is 0.274 e. The number of rotatable bonds is 6. The molecule has 1 aromatic carbocycles. The summed E-state index contributed by atoms with van der Waals surface area (Å²) in [4.78, 5) is 23.7. The fourth-order valence-electron chi connectivity index (χ4n) is 6.29. The Kier molecular flexibility index (Phi) is 8.68. The highest BCUT2D eigenvalue weighted by atomic mass is 19.1. The number of nitrogens with one attached hydrogen (secondary N) is 1. The second-order valence-corrected chi connectivity index (χ2v) is 11.8. The van der Waals surface area contributed by atoms with Crippen LogP contribution >= 0.6 is 0 Å². The van der Waals surface area contributed by atoms with Gasteiger partial charge in [0.15, 0.2) is 0 Å². The molecule has 4 atom stereocenters. The third-order valence-corrected chi connectivity index (χ3v) is 9.25. The van der Waals surface area contributed by atoms with Crippen LogP contribution in [0.5, 0.6) is 0 Å². The van der Waals surface area contributed by atoms with Crippen LogP contribution in [0.2, 0.25) is 0 Å². The van der Waals surface area contributed by atoms with Crippen molar-refractivity contribution in [2.45, 2.75) is 70.0 Å². The van der Waals surface area contributed by atoms with Crippen LogP contribution < -0.4 is 5.32 Å². The van der Waals surface area contributed by atoms with Gasteiger partial charge in [0.1, 0.15) is 28.8 Å². The summed E-state index contributed by atoms with van der Waals surface area (Å²) in [5.41, 5.74) is -1.02. The molecule has 1 aliphatic carbocycles. The number of nitrogens with zero attached hydrogens (tertiary/aromatic N) is 3. The van der Waals surface area contributed by atoms with Crippen LogP contribution in [0.25, 0.3) is 11.3 Å². The molecule has 3 aromatic rings. The number of likely N-dealkylation sites (tertiary alicyclic amines) is 1. The van der Waals surface area contributed by atoms with Crippen LogP contribution in [-0.2, 0) is 0 Å². The molecule has 7 nitrogen and oxygen atoms in total. The number of halogens is 3. The van der Waals surface area contributed by atoms with Crippen molar-refractivity contribution in [1.82, 2.24) is 14.9 Å². The summed E-state index contributed by atoms with van der Waals surface area (Å²) in [5.74, 6) is -3.88. The molecule has 3 heterocycles. The van der Waals surface area contributed by atoms with Gasteiger partial charge < -0.3 is 20.4 Å². The number of pyridine rings is 2. The van der Waals surface area contributed by atoms with Crippen molar-refractivity contribution >= 4 is 11.6 Å². The van der Waals surface area contributed by atoms with Gasteiger partial charge in [0.05, 0.1) is 29.2 Å². The lowest BCUT2D eigenvalue weighted by atomic mass is 9.69. The minimum absolute atomic E-state index is 0.00818. The van der Waals surface area contributed by atoms with Gasteiger partial charge in [0.2, 0.25) is 0 Å². The molecule has 1 saturated carbocycles. The molecule has 1 saturated heterocycles. The van der Waals surface area contributed by atoms with E-state index in [1.54, 1.807) is 19.2 Å². The number of hydrogen-bond donors (Lipinski definition) is 3. The van der Waals surface area contributed by atoms with Crippen molar-refractivity contribution in [1.29, 1.82) is 0 Å². The normalized spacial score (nSPS) is 25.4. The van der Waals surface area contributed by atoms with Gasteiger partial charge in [-0.25, -0.2) is 18.2 Å². The lowest BCUT2D eigenvalue weighted by Crippen LogP contribution is -2.49. The molecule has 0 bridgehead atoms. The maximum absolute atomic E-state index is 15.3. The second-order valence-electron chi connectivity index (χ2n) is 11.8. The molecule has 0 spiro atoms. The molecule has 1 amide bonds. The molecule has 10 heteroatoms. The molecule has 0 unspecified atom stereocenters. The molecule has 2 aliphatic rings. The first kappa shape index (κ1) is 30.1.